The Labute approximate surface area is 95.5 Å². The molecule has 0 unspecified atom stereocenters. The Morgan fingerprint density at radius 1 is 1.31 bits per heavy atom. The van der Waals surface area contributed by atoms with Crippen LogP contribution >= 0.6 is 0 Å². The second kappa shape index (κ2) is 5.51. The summed E-state index contributed by atoms with van der Waals surface area (Å²) in [4.78, 5) is 20.9. The van der Waals surface area contributed by atoms with Gasteiger partial charge in [0.05, 0.1) is 6.61 Å². The maximum absolute atomic E-state index is 11.6. The van der Waals surface area contributed by atoms with Crippen LogP contribution in [-0.4, -0.2) is 18.1 Å². The molecule has 0 amide bonds. The number of para-hydroxylation sites is 1. The van der Waals surface area contributed by atoms with E-state index in [0.717, 1.165) is 5.69 Å². The summed E-state index contributed by atoms with van der Waals surface area (Å²) in [5, 5.41) is 3.07. The number of benzene rings is 1. The van der Waals surface area contributed by atoms with Crippen LogP contribution in [0.15, 0.2) is 30.3 Å². The fraction of sp³-hybridized carbons (Fsp3) is 0.417. The first kappa shape index (κ1) is 12.5. The number of hydrogen-bond acceptors (Lipinski definition) is 4. The summed E-state index contributed by atoms with van der Waals surface area (Å²) in [5.74, 6) is -0.446. The molecule has 0 atom stereocenters. The van der Waals surface area contributed by atoms with E-state index in [9.17, 15) is 4.79 Å². The Hall–Kier alpha value is -1.55. The lowest BCUT2D eigenvalue weighted by molar-refractivity contribution is -0.272. The highest BCUT2D eigenvalue weighted by Gasteiger charge is 2.30. The summed E-state index contributed by atoms with van der Waals surface area (Å²) < 4.78 is 0. The van der Waals surface area contributed by atoms with Crippen LogP contribution < -0.4 is 5.32 Å². The topological polar surface area (TPSA) is 47.6 Å². The van der Waals surface area contributed by atoms with Gasteiger partial charge in [0.25, 0.3) is 0 Å². The van der Waals surface area contributed by atoms with Crippen LogP contribution in [0.3, 0.4) is 0 Å². The fourth-order valence-electron chi connectivity index (χ4n) is 1.15. The first-order chi connectivity index (χ1) is 7.56. The van der Waals surface area contributed by atoms with Crippen molar-refractivity contribution in [2.24, 2.45) is 0 Å². The number of carbonyl (C=O) groups excluding carboxylic acids is 1. The van der Waals surface area contributed by atoms with Gasteiger partial charge in [0.1, 0.15) is 5.54 Å². The SMILES string of the molecule is CCOOC(=O)C(C)(C)Nc1ccccc1. The molecule has 0 aliphatic rings. The van der Waals surface area contributed by atoms with Crippen molar-refractivity contribution in [3.63, 3.8) is 0 Å². The molecule has 88 valence electrons. The maximum Gasteiger partial charge on any atom is 0.366 e. The number of carbonyl (C=O) groups is 1. The highest BCUT2D eigenvalue weighted by atomic mass is 17.2. The first-order valence-electron chi connectivity index (χ1n) is 5.23. The molecule has 16 heavy (non-hydrogen) atoms. The number of rotatable bonds is 5. The molecular formula is C12H17NO3. The third kappa shape index (κ3) is 3.55. The normalized spacial score (nSPS) is 10.9. The van der Waals surface area contributed by atoms with Crippen molar-refractivity contribution in [1.29, 1.82) is 0 Å². The summed E-state index contributed by atoms with van der Waals surface area (Å²) >= 11 is 0. The van der Waals surface area contributed by atoms with Gasteiger partial charge in [-0.15, -0.1) is 0 Å². The van der Waals surface area contributed by atoms with Gasteiger partial charge in [-0.2, -0.15) is 4.89 Å². The van der Waals surface area contributed by atoms with Gasteiger partial charge >= 0.3 is 5.97 Å². The lowest BCUT2D eigenvalue weighted by Crippen LogP contribution is -2.41. The van der Waals surface area contributed by atoms with Gasteiger partial charge < -0.3 is 5.32 Å². The van der Waals surface area contributed by atoms with Gasteiger partial charge in [0, 0.05) is 5.69 Å². The average Bonchev–Trinajstić information content (AvgIpc) is 2.26. The van der Waals surface area contributed by atoms with E-state index in [-0.39, 0.29) is 0 Å². The molecule has 0 bridgehead atoms. The van der Waals surface area contributed by atoms with Crippen molar-refractivity contribution in [3.05, 3.63) is 30.3 Å². The number of nitrogens with one attached hydrogen (secondary N) is 1. The van der Waals surface area contributed by atoms with Crippen LogP contribution in [-0.2, 0) is 14.6 Å². The van der Waals surface area contributed by atoms with E-state index in [1.165, 1.54) is 0 Å². The molecule has 0 aliphatic heterocycles. The van der Waals surface area contributed by atoms with E-state index < -0.39 is 11.5 Å². The molecule has 4 nitrogen and oxygen atoms in total. The predicted molar refractivity (Wildman–Crippen MR) is 61.9 cm³/mol. The molecule has 0 heterocycles. The van der Waals surface area contributed by atoms with E-state index in [0.29, 0.717) is 6.61 Å². The summed E-state index contributed by atoms with van der Waals surface area (Å²) in [6.07, 6.45) is 0. The molecule has 1 aromatic rings. The van der Waals surface area contributed by atoms with E-state index >= 15 is 0 Å². The zero-order chi connectivity index (χ0) is 12.0. The van der Waals surface area contributed by atoms with E-state index in [1.807, 2.05) is 30.3 Å². The molecule has 0 saturated heterocycles. The smallest absolute Gasteiger partial charge is 0.366 e. The van der Waals surface area contributed by atoms with Crippen molar-refractivity contribution in [1.82, 2.24) is 0 Å². The van der Waals surface area contributed by atoms with Crippen molar-refractivity contribution in [2.45, 2.75) is 26.3 Å². The maximum atomic E-state index is 11.6. The molecule has 0 saturated carbocycles. The summed E-state index contributed by atoms with van der Waals surface area (Å²) in [7, 11) is 0. The standard InChI is InChI=1S/C12H17NO3/c1-4-15-16-11(14)12(2,3)13-10-8-6-5-7-9-10/h5-9,13H,4H2,1-3H3. The van der Waals surface area contributed by atoms with Crippen molar-refractivity contribution in [2.75, 3.05) is 11.9 Å². The third-order valence-corrected chi connectivity index (χ3v) is 1.99. The van der Waals surface area contributed by atoms with Crippen LogP contribution in [0.5, 0.6) is 0 Å². The quantitative estimate of drug-likeness (QED) is 0.615. The second-order valence-electron chi connectivity index (χ2n) is 3.89. The first-order valence-corrected chi connectivity index (χ1v) is 5.23. The van der Waals surface area contributed by atoms with Gasteiger partial charge in [-0.3, -0.25) is 4.89 Å². The Morgan fingerprint density at radius 2 is 1.94 bits per heavy atom. The van der Waals surface area contributed by atoms with E-state index in [1.54, 1.807) is 20.8 Å². The van der Waals surface area contributed by atoms with Gasteiger partial charge in [-0.1, -0.05) is 18.2 Å². The minimum atomic E-state index is -0.823. The fourth-order valence-corrected chi connectivity index (χ4v) is 1.15. The van der Waals surface area contributed by atoms with Crippen LogP contribution in [0.4, 0.5) is 5.69 Å². The Kier molecular flexibility index (Phi) is 4.31. The second-order valence-corrected chi connectivity index (χ2v) is 3.89. The monoisotopic (exact) mass is 223 g/mol. The summed E-state index contributed by atoms with van der Waals surface area (Å²) in [6, 6.07) is 9.47. The highest BCUT2D eigenvalue weighted by Crippen LogP contribution is 2.15. The molecule has 1 aromatic carbocycles. The molecule has 0 aromatic heterocycles. The Morgan fingerprint density at radius 3 is 2.50 bits per heavy atom. The Bertz CT molecular complexity index is 335. The van der Waals surface area contributed by atoms with Crippen molar-refractivity contribution in [3.8, 4) is 0 Å². The molecule has 4 heteroatoms. The van der Waals surface area contributed by atoms with E-state index in [2.05, 4.69) is 15.1 Å². The molecule has 1 N–H and O–H groups in total. The van der Waals surface area contributed by atoms with Gasteiger partial charge in [-0.25, -0.2) is 4.79 Å². The van der Waals surface area contributed by atoms with Gasteiger partial charge in [0.2, 0.25) is 0 Å². The number of anilines is 1. The molecule has 1 rings (SSSR count). The van der Waals surface area contributed by atoms with Crippen molar-refractivity contribution < 1.29 is 14.6 Å². The minimum Gasteiger partial charge on any atom is -0.370 e. The van der Waals surface area contributed by atoms with Crippen molar-refractivity contribution >= 4 is 11.7 Å². The van der Waals surface area contributed by atoms with Crippen LogP contribution in [0.1, 0.15) is 20.8 Å². The minimum absolute atomic E-state index is 0.340. The molecule has 0 fully saturated rings. The molecular weight excluding hydrogens is 206 g/mol. The van der Waals surface area contributed by atoms with Crippen LogP contribution in [0.25, 0.3) is 0 Å². The zero-order valence-corrected chi connectivity index (χ0v) is 9.82. The number of hydrogen-bond donors (Lipinski definition) is 1. The van der Waals surface area contributed by atoms with Crippen LogP contribution in [0, 0.1) is 0 Å². The lowest BCUT2D eigenvalue weighted by Gasteiger charge is -2.24. The third-order valence-electron chi connectivity index (χ3n) is 1.99. The Balaban J connectivity index is 2.60. The molecule has 0 radical (unpaired) electrons. The van der Waals surface area contributed by atoms with Gasteiger partial charge in [-0.05, 0) is 32.9 Å². The lowest BCUT2D eigenvalue weighted by atomic mass is 10.1. The zero-order valence-electron chi connectivity index (χ0n) is 9.82. The summed E-state index contributed by atoms with van der Waals surface area (Å²) in [5.41, 5.74) is 0.0391. The largest absolute Gasteiger partial charge is 0.370 e. The highest BCUT2D eigenvalue weighted by molar-refractivity contribution is 5.83. The average molecular weight is 223 g/mol. The molecule has 0 spiro atoms. The van der Waals surface area contributed by atoms with Crippen LogP contribution in [0.2, 0.25) is 0 Å². The van der Waals surface area contributed by atoms with Gasteiger partial charge in [0.15, 0.2) is 0 Å². The predicted octanol–water partition coefficient (Wildman–Crippen LogP) is 2.37. The van der Waals surface area contributed by atoms with E-state index in [4.69, 9.17) is 0 Å². The summed E-state index contributed by atoms with van der Waals surface area (Å²) in [6.45, 7) is 5.57. The molecule has 0 aliphatic carbocycles.